The Bertz CT molecular complexity index is 914. The fourth-order valence-electron chi connectivity index (χ4n) is 2.25. The van der Waals surface area contributed by atoms with E-state index in [-0.39, 0.29) is 11.6 Å². The van der Waals surface area contributed by atoms with Crippen molar-refractivity contribution in [2.45, 2.75) is 40.2 Å². The van der Waals surface area contributed by atoms with E-state index in [4.69, 9.17) is 0 Å². The van der Waals surface area contributed by atoms with Gasteiger partial charge in [-0.1, -0.05) is 6.92 Å². The van der Waals surface area contributed by atoms with Gasteiger partial charge in [0.2, 0.25) is 5.95 Å². The molecule has 23 heavy (non-hydrogen) atoms. The van der Waals surface area contributed by atoms with Crippen molar-refractivity contribution in [3.8, 4) is 11.3 Å². The van der Waals surface area contributed by atoms with Crippen molar-refractivity contribution in [3.05, 3.63) is 39.4 Å². The van der Waals surface area contributed by atoms with Gasteiger partial charge in [-0.2, -0.15) is 0 Å². The molecular formula is C16H19N5OS. The van der Waals surface area contributed by atoms with E-state index in [2.05, 4.69) is 34.1 Å². The van der Waals surface area contributed by atoms with Crippen molar-refractivity contribution in [2.75, 3.05) is 5.32 Å². The second-order valence-corrected chi connectivity index (χ2v) is 6.74. The fraction of sp³-hybridized carbons (Fsp3) is 0.375. The Labute approximate surface area is 138 Å². The summed E-state index contributed by atoms with van der Waals surface area (Å²) in [6, 6.07) is 2.01. The summed E-state index contributed by atoms with van der Waals surface area (Å²) in [6.45, 7) is 8.08. The second-order valence-electron chi connectivity index (χ2n) is 5.56. The van der Waals surface area contributed by atoms with E-state index in [1.54, 1.807) is 22.9 Å². The third-order valence-corrected chi connectivity index (χ3v) is 5.01. The van der Waals surface area contributed by atoms with Crippen LogP contribution in [0.4, 0.5) is 5.95 Å². The lowest BCUT2D eigenvalue weighted by Crippen LogP contribution is -2.18. The molecule has 120 valence electrons. The molecule has 0 unspecified atom stereocenters. The molecule has 0 spiro atoms. The zero-order valence-electron chi connectivity index (χ0n) is 13.6. The predicted octanol–water partition coefficient (Wildman–Crippen LogP) is 3.04. The number of aromatic nitrogens is 4. The van der Waals surface area contributed by atoms with Crippen LogP contribution in [-0.4, -0.2) is 25.4 Å². The highest BCUT2D eigenvalue weighted by Crippen LogP contribution is 2.21. The lowest BCUT2D eigenvalue weighted by molar-refractivity contribution is 0.753. The Morgan fingerprint density at radius 3 is 2.87 bits per heavy atom. The van der Waals surface area contributed by atoms with Gasteiger partial charge in [-0.15, -0.1) is 11.3 Å². The number of aryl methyl sites for hydroxylation is 2. The molecule has 0 bridgehead atoms. The van der Waals surface area contributed by atoms with Crippen LogP contribution in [0.15, 0.2) is 23.3 Å². The van der Waals surface area contributed by atoms with E-state index in [1.165, 1.54) is 11.3 Å². The Hall–Kier alpha value is -2.28. The van der Waals surface area contributed by atoms with Crippen LogP contribution in [0.1, 0.15) is 30.8 Å². The maximum Gasteiger partial charge on any atom is 0.268 e. The first-order chi connectivity index (χ1) is 11.0. The van der Waals surface area contributed by atoms with Gasteiger partial charge in [-0.25, -0.2) is 15.0 Å². The molecule has 0 aliphatic heterocycles. The highest BCUT2D eigenvalue weighted by atomic mass is 32.1. The van der Waals surface area contributed by atoms with Crippen molar-refractivity contribution < 1.29 is 0 Å². The summed E-state index contributed by atoms with van der Waals surface area (Å²) in [5.41, 5.74) is 1.90. The molecule has 3 heterocycles. The first kappa shape index (κ1) is 15.6. The monoisotopic (exact) mass is 329 g/mol. The maximum absolute atomic E-state index is 12.8. The number of hydrogen-bond acceptors (Lipinski definition) is 6. The second kappa shape index (κ2) is 6.08. The predicted molar refractivity (Wildman–Crippen MR) is 93.2 cm³/mol. The molecule has 1 atom stereocenters. The molecule has 0 saturated carbocycles. The van der Waals surface area contributed by atoms with Gasteiger partial charge >= 0.3 is 0 Å². The number of nitrogens with one attached hydrogen (secondary N) is 1. The average molecular weight is 329 g/mol. The summed E-state index contributed by atoms with van der Waals surface area (Å²) >= 11 is 1.52. The Morgan fingerprint density at radius 2 is 2.13 bits per heavy atom. The summed E-state index contributed by atoms with van der Waals surface area (Å²) < 4.78 is 1.65. The summed E-state index contributed by atoms with van der Waals surface area (Å²) in [4.78, 5) is 27.7. The molecule has 3 rings (SSSR count). The fourth-order valence-corrected chi connectivity index (χ4v) is 3.18. The smallest absolute Gasteiger partial charge is 0.268 e. The van der Waals surface area contributed by atoms with Crippen LogP contribution in [0, 0.1) is 13.8 Å². The molecule has 3 aromatic rings. The first-order valence-corrected chi connectivity index (χ1v) is 8.40. The van der Waals surface area contributed by atoms with E-state index >= 15 is 0 Å². The van der Waals surface area contributed by atoms with Crippen LogP contribution in [0.2, 0.25) is 0 Å². The average Bonchev–Trinajstić information content (AvgIpc) is 2.83. The lowest BCUT2D eigenvalue weighted by atomic mass is 10.2. The summed E-state index contributed by atoms with van der Waals surface area (Å²) in [7, 11) is 0. The SMILES string of the molecule is CC[C@H](C)Nc1nccc(-c2cnc3sc(C)c(C)n3c2=O)n1. The molecule has 3 aromatic heterocycles. The third-order valence-electron chi connectivity index (χ3n) is 3.94. The number of nitrogens with zero attached hydrogens (tertiary/aromatic N) is 4. The maximum atomic E-state index is 12.8. The molecule has 0 aliphatic rings. The van der Waals surface area contributed by atoms with E-state index in [0.29, 0.717) is 22.2 Å². The largest absolute Gasteiger partial charge is 0.352 e. The summed E-state index contributed by atoms with van der Waals surface area (Å²) in [5.74, 6) is 0.527. The molecule has 0 aromatic carbocycles. The van der Waals surface area contributed by atoms with E-state index in [1.807, 2.05) is 13.8 Å². The molecule has 0 amide bonds. The van der Waals surface area contributed by atoms with Crippen LogP contribution in [0.25, 0.3) is 16.2 Å². The summed E-state index contributed by atoms with van der Waals surface area (Å²) in [5, 5.41) is 3.22. The molecular weight excluding hydrogens is 310 g/mol. The number of fused-ring (bicyclic) bond motifs is 1. The molecule has 6 nitrogen and oxygen atoms in total. The van der Waals surface area contributed by atoms with Crippen LogP contribution >= 0.6 is 11.3 Å². The molecule has 1 N–H and O–H groups in total. The van der Waals surface area contributed by atoms with E-state index in [9.17, 15) is 4.79 Å². The van der Waals surface area contributed by atoms with Crippen LogP contribution in [0.3, 0.4) is 0 Å². The van der Waals surface area contributed by atoms with Crippen molar-refractivity contribution in [3.63, 3.8) is 0 Å². The number of rotatable bonds is 4. The quantitative estimate of drug-likeness (QED) is 0.796. The van der Waals surface area contributed by atoms with Crippen molar-refractivity contribution >= 4 is 22.2 Å². The molecule has 7 heteroatoms. The zero-order chi connectivity index (χ0) is 16.6. The van der Waals surface area contributed by atoms with Crippen LogP contribution in [-0.2, 0) is 0 Å². The molecule has 0 aliphatic carbocycles. The van der Waals surface area contributed by atoms with Crippen molar-refractivity contribution in [1.82, 2.24) is 19.4 Å². The zero-order valence-corrected chi connectivity index (χ0v) is 14.4. The standard InChI is InChI=1S/C16H19N5OS/c1-5-9(2)19-15-17-7-6-13(20-15)12-8-18-16-21(14(12)22)10(3)11(4)23-16/h6-9H,5H2,1-4H3,(H,17,19,20)/t9-/m0/s1. The van der Waals surface area contributed by atoms with E-state index < -0.39 is 0 Å². The van der Waals surface area contributed by atoms with Gasteiger partial charge in [0.15, 0.2) is 4.96 Å². The highest BCUT2D eigenvalue weighted by Gasteiger charge is 2.14. The highest BCUT2D eigenvalue weighted by molar-refractivity contribution is 7.17. The van der Waals surface area contributed by atoms with Crippen molar-refractivity contribution in [2.24, 2.45) is 0 Å². The van der Waals surface area contributed by atoms with Gasteiger partial charge in [0.1, 0.15) is 0 Å². The molecule has 0 radical (unpaired) electrons. The third kappa shape index (κ3) is 2.84. The van der Waals surface area contributed by atoms with Crippen LogP contribution < -0.4 is 10.9 Å². The molecule has 0 saturated heterocycles. The minimum Gasteiger partial charge on any atom is -0.352 e. The Morgan fingerprint density at radius 1 is 1.35 bits per heavy atom. The number of hydrogen-bond donors (Lipinski definition) is 1. The lowest BCUT2D eigenvalue weighted by Gasteiger charge is -2.11. The van der Waals surface area contributed by atoms with Gasteiger partial charge in [0.05, 0.1) is 11.3 Å². The number of thiazole rings is 1. The van der Waals surface area contributed by atoms with Crippen LogP contribution in [0.5, 0.6) is 0 Å². The topological polar surface area (TPSA) is 72.2 Å². The normalized spacial score (nSPS) is 12.5. The molecule has 0 fully saturated rings. The number of anilines is 1. The van der Waals surface area contributed by atoms with Gasteiger partial charge in [0, 0.05) is 29.0 Å². The van der Waals surface area contributed by atoms with Gasteiger partial charge in [0.25, 0.3) is 5.56 Å². The summed E-state index contributed by atoms with van der Waals surface area (Å²) in [6.07, 6.45) is 4.23. The van der Waals surface area contributed by atoms with Crippen molar-refractivity contribution in [1.29, 1.82) is 0 Å². The minimum atomic E-state index is -0.0926. The Kier molecular flexibility index (Phi) is 4.12. The van der Waals surface area contributed by atoms with E-state index in [0.717, 1.165) is 17.0 Å². The first-order valence-electron chi connectivity index (χ1n) is 7.59. The Balaban J connectivity index is 2.10. The minimum absolute atomic E-state index is 0.0926. The van der Waals surface area contributed by atoms with Gasteiger partial charge < -0.3 is 5.32 Å². The van der Waals surface area contributed by atoms with Gasteiger partial charge in [-0.3, -0.25) is 9.20 Å². The van der Waals surface area contributed by atoms with Gasteiger partial charge in [-0.05, 0) is 33.3 Å².